The Bertz CT molecular complexity index is 8350. The lowest BCUT2D eigenvalue weighted by molar-refractivity contribution is 0.590. The molecule has 594 valence electrons. The van der Waals surface area contributed by atoms with Crippen LogP contribution in [0.25, 0.3) is 230 Å². The molecule has 21 aromatic carbocycles. The fourth-order valence-electron chi connectivity index (χ4n) is 20.1. The molecule has 0 saturated carbocycles. The van der Waals surface area contributed by atoms with Crippen LogP contribution in [-0.4, -0.2) is 0 Å². The highest BCUT2D eigenvalue weighted by Crippen LogP contribution is 2.53. The largest absolute Gasteiger partial charge is 0.455 e. The Morgan fingerprint density at radius 1 is 0.179 bits per heavy atom. The van der Waals surface area contributed by atoms with E-state index < -0.39 is 0 Å². The summed E-state index contributed by atoms with van der Waals surface area (Å²) >= 11 is 0. The molecule has 3 heteroatoms. The first-order valence-electron chi connectivity index (χ1n) is 43.6. The van der Waals surface area contributed by atoms with Crippen LogP contribution in [0.2, 0.25) is 0 Å². The van der Waals surface area contributed by atoms with Gasteiger partial charge in [0.05, 0.1) is 0 Å². The summed E-state index contributed by atoms with van der Waals surface area (Å²) < 4.78 is 19.7. The van der Waals surface area contributed by atoms with Crippen LogP contribution in [0.1, 0.15) is 116 Å². The van der Waals surface area contributed by atoms with Crippen molar-refractivity contribution in [2.75, 3.05) is 0 Å². The van der Waals surface area contributed by atoms with Crippen molar-refractivity contribution in [1.82, 2.24) is 0 Å². The molecule has 3 aromatic heterocycles. The average Bonchev–Trinajstić information content (AvgIpc) is 1.44. The van der Waals surface area contributed by atoms with Crippen molar-refractivity contribution in [2.45, 2.75) is 119 Å². The van der Waals surface area contributed by atoms with Gasteiger partial charge >= 0.3 is 0 Å². The third kappa shape index (κ3) is 12.3. The highest BCUT2D eigenvalue weighted by Gasteiger charge is 2.28. The van der Waals surface area contributed by atoms with Crippen LogP contribution in [0.5, 0.6) is 0 Å². The number of rotatable bonds is 6. The second-order valence-corrected chi connectivity index (χ2v) is 38.7. The van der Waals surface area contributed by atoms with Crippen LogP contribution in [0.15, 0.2) is 341 Å². The van der Waals surface area contributed by atoms with E-state index in [2.05, 4.69) is 406 Å². The predicted molar refractivity (Wildman–Crippen MR) is 529 cm³/mol. The smallest absolute Gasteiger partial charge is 0.143 e. The van der Waals surface area contributed by atoms with E-state index >= 15 is 0 Å². The first-order chi connectivity index (χ1) is 59.3. The van der Waals surface area contributed by atoms with Crippen LogP contribution < -0.4 is 0 Å². The molecule has 0 unspecified atom stereocenters. The van der Waals surface area contributed by atoms with E-state index in [0.29, 0.717) is 0 Å². The van der Waals surface area contributed by atoms with Crippen molar-refractivity contribution in [3.05, 3.63) is 361 Å². The van der Waals surface area contributed by atoms with Crippen molar-refractivity contribution >= 4 is 163 Å². The van der Waals surface area contributed by atoms with Gasteiger partial charge in [-0.05, 0) is 247 Å². The Balaban J connectivity index is 0.000000110. The van der Waals surface area contributed by atoms with Gasteiger partial charge < -0.3 is 13.3 Å². The second-order valence-electron chi connectivity index (χ2n) is 38.7. The van der Waals surface area contributed by atoms with Crippen LogP contribution >= 0.6 is 0 Å². The predicted octanol–water partition coefficient (Wildman–Crippen LogP) is 35.3. The van der Waals surface area contributed by atoms with Gasteiger partial charge in [0.25, 0.3) is 0 Å². The van der Waals surface area contributed by atoms with E-state index in [0.717, 1.165) is 82.5 Å². The summed E-state index contributed by atoms with van der Waals surface area (Å²) in [6.07, 6.45) is 0. The fraction of sp³-hybridized carbons (Fsp3) is 0.150. The number of para-hydroxylation sites is 6. The summed E-state index contributed by atoms with van der Waals surface area (Å²) in [7, 11) is 0. The lowest BCUT2D eigenvalue weighted by atomic mass is 9.81. The van der Waals surface area contributed by atoms with E-state index in [1.165, 1.54) is 180 Å². The first kappa shape index (κ1) is 75.4. The maximum atomic E-state index is 6.58. The summed E-state index contributed by atoms with van der Waals surface area (Å²) in [4.78, 5) is 0. The quantitative estimate of drug-likeness (QED) is 0.156. The van der Waals surface area contributed by atoms with Gasteiger partial charge in [0.2, 0.25) is 0 Å². The van der Waals surface area contributed by atoms with E-state index in [4.69, 9.17) is 13.3 Å². The molecule has 0 atom stereocenters. The van der Waals surface area contributed by atoms with Crippen LogP contribution in [0.4, 0.5) is 0 Å². The second kappa shape index (κ2) is 27.8. The molecule has 24 aromatic rings. The highest BCUT2D eigenvalue weighted by molar-refractivity contribution is 6.33. The summed E-state index contributed by atoms with van der Waals surface area (Å²) in [6, 6.07) is 121. The molecular weight excluding hydrogens is 1490 g/mol. The van der Waals surface area contributed by atoms with Gasteiger partial charge in [-0.15, -0.1) is 0 Å². The Labute approximate surface area is 717 Å². The molecule has 0 spiro atoms. The van der Waals surface area contributed by atoms with Gasteiger partial charge in [-0.1, -0.05) is 380 Å². The Hall–Kier alpha value is -13.9. The van der Waals surface area contributed by atoms with Crippen LogP contribution in [-0.2, 0) is 21.7 Å². The Morgan fingerprint density at radius 3 is 0.805 bits per heavy atom. The molecule has 0 aliphatic rings. The minimum absolute atomic E-state index is 0.0759. The standard InChI is InChI=1S/C42H36O.2C39H30O/c1-41(2,3)28-18-14-25(15-19-28)35-24-36(34-12-9-11-33-30-10-7-8-13-37(30)43-40(33)34)32-21-17-27-23-29(42(4,5)6)22-26-16-20-31(35)39(32)38(26)27;1-23-9-7-10-24(19-23)33-22-34(32-13-8-12-31-28-11-5-6-14-35(28)40-38(31)32)30-18-16-26-21-27(39(2,3)4)20-25-15-17-29(33)37(30)36(25)26;1-23-10-5-6-11-27(23)33-22-34(32-14-9-13-31-28-12-7-8-15-35(28)40-38(31)32)30-19-17-25-21-26(39(2,3)4)20-24-16-18-29(33)37(30)36(24)25/h7-24H,1-6H3;2*5-22H,1-4H3. The van der Waals surface area contributed by atoms with Crippen molar-refractivity contribution in [1.29, 1.82) is 0 Å². The number of fused-ring (bicyclic) bond motifs is 9. The zero-order chi connectivity index (χ0) is 84.0. The normalized spacial score (nSPS) is 12.6. The Morgan fingerprint density at radius 2 is 0.463 bits per heavy atom. The molecule has 123 heavy (non-hydrogen) atoms. The lowest BCUT2D eigenvalue weighted by Gasteiger charge is -2.23. The average molecular weight is 1590 g/mol. The number of benzene rings is 21. The minimum atomic E-state index is 0.0759. The number of aryl methyl sites for hydroxylation is 2. The maximum Gasteiger partial charge on any atom is 0.143 e. The SMILES string of the molecule is CC(C)(C)c1ccc(-c2cc(-c3cccc4c3oc3ccccc34)c3ccc4cc(C(C)(C)C)cc5ccc2c3c54)cc1.Cc1cccc(-c2cc(-c3cccc4c3oc3ccccc34)c3ccc4cc(C(C)(C)C)cc5ccc2c3c54)c1.Cc1ccccc1-c1cc(-c2cccc3c2oc2ccccc23)c2ccc3cc(C(C)(C)C)cc4ccc1c2c43. The van der Waals surface area contributed by atoms with Gasteiger partial charge in [-0.2, -0.15) is 0 Å². The topological polar surface area (TPSA) is 39.4 Å². The van der Waals surface area contributed by atoms with Crippen LogP contribution in [0.3, 0.4) is 0 Å². The molecular formula is C120H96O3. The van der Waals surface area contributed by atoms with E-state index in [1.807, 2.05) is 18.2 Å². The molecule has 0 amide bonds. The summed E-state index contributed by atoms with van der Waals surface area (Å²) in [6.45, 7) is 31.9. The molecule has 3 heterocycles. The van der Waals surface area contributed by atoms with Crippen molar-refractivity contribution in [3.63, 3.8) is 0 Å². The number of hydrogen-bond acceptors (Lipinski definition) is 3. The molecule has 0 N–H and O–H groups in total. The fourth-order valence-corrected chi connectivity index (χ4v) is 20.1. The van der Waals surface area contributed by atoms with Gasteiger partial charge in [0.1, 0.15) is 33.5 Å². The van der Waals surface area contributed by atoms with Crippen molar-refractivity contribution < 1.29 is 13.3 Å². The summed E-state index contributed by atoms with van der Waals surface area (Å²) in [5.41, 5.74) is 28.5. The summed E-state index contributed by atoms with van der Waals surface area (Å²) in [5, 5.41) is 30.5. The zero-order valence-corrected chi connectivity index (χ0v) is 72.4. The molecule has 0 radical (unpaired) electrons. The number of furan rings is 3. The molecule has 0 aliphatic carbocycles. The van der Waals surface area contributed by atoms with E-state index in [-0.39, 0.29) is 21.7 Å². The molecule has 3 nitrogen and oxygen atoms in total. The monoisotopic (exact) mass is 1580 g/mol. The van der Waals surface area contributed by atoms with Gasteiger partial charge in [0.15, 0.2) is 0 Å². The molecule has 0 aliphatic heterocycles. The molecule has 24 rings (SSSR count). The van der Waals surface area contributed by atoms with E-state index in [9.17, 15) is 0 Å². The zero-order valence-electron chi connectivity index (χ0n) is 72.4. The Kier molecular flexibility index (Phi) is 17.1. The molecule has 0 bridgehead atoms. The van der Waals surface area contributed by atoms with Gasteiger partial charge in [-0.25, -0.2) is 0 Å². The van der Waals surface area contributed by atoms with E-state index in [1.54, 1.807) is 0 Å². The molecule has 0 saturated heterocycles. The van der Waals surface area contributed by atoms with Crippen molar-refractivity contribution in [3.8, 4) is 66.8 Å². The third-order valence-corrected chi connectivity index (χ3v) is 26.7. The number of hydrogen-bond donors (Lipinski definition) is 0. The maximum absolute atomic E-state index is 6.58. The lowest BCUT2D eigenvalue weighted by Crippen LogP contribution is -2.10. The van der Waals surface area contributed by atoms with Gasteiger partial charge in [-0.3, -0.25) is 0 Å². The third-order valence-electron chi connectivity index (χ3n) is 26.7. The van der Waals surface area contributed by atoms with Crippen molar-refractivity contribution in [2.24, 2.45) is 0 Å². The molecule has 0 fully saturated rings. The minimum Gasteiger partial charge on any atom is -0.455 e. The first-order valence-corrected chi connectivity index (χ1v) is 43.6. The van der Waals surface area contributed by atoms with Crippen LogP contribution in [0, 0.1) is 13.8 Å². The highest BCUT2D eigenvalue weighted by atomic mass is 16.3. The van der Waals surface area contributed by atoms with Gasteiger partial charge in [0, 0.05) is 49.0 Å². The summed E-state index contributed by atoms with van der Waals surface area (Å²) in [5.74, 6) is 0.